The Morgan fingerprint density at radius 1 is 1.71 bits per heavy atom. The van der Waals surface area contributed by atoms with Crippen LogP contribution in [0.4, 0.5) is 0 Å². The van der Waals surface area contributed by atoms with Crippen LogP contribution < -0.4 is 0 Å². The highest BCUT2D eigenvalue weighted by molar-refractivity contribution is 5.79. The Balaban J connectivity index is 1.92. The van der Waals surface area contributed by atoms with Crippen LogP contribution in [0, 0.1) is 0 Å². The molecule has 1 aliphatic rings. The predicted molar refractivity (Wildman–Crippen MR) is 51.0 cm³/mol. The summed E-state index contributed by atoms with van der Waals surface area (Å²) in [5.74, 6) is -0.265. The molecule has 1 aromatic rings. The summed E-state index contributed by atoms with van der Waals surface area (Å²) >= 11 is 0. The number of aromatic nitrogens is 2. The minimum absolute atomic E-state index is 0.527. The third-order valence-electron chi connectivity index (χ3n) is 2.21. The van der Waals surface area contributed by atoms with Gasteiger partial charge < -0.3 is 5.11 Å². The number of hydrogen-bond donors (Lipinski definition) is 1. The average Bonchev–Trinajstić information content (AvgIpc) is 2.87. The normalized spacial score (nSPS) is 16.3. The van der Waals surface area contributed by atoms with E-state index in [2.05, 4.69) is 5.10 Å². The molecule has 1 N–H and O–H groups in total. The molecule has 4 heteroatoms. The van der Waals surface area contributed by atoms with Gasteiger partial charge in [0.2, 0.25) is 0 Å². The van der Waals surface area contributed by atoms with E-state index in [0.717, 1.165) is 11.8 Å². The summed E-state index contributed by atoms with van der Waals surface area (Å²) in [6.45, 7) is 0.527. The van der Waals surface area contributed by atoms with Crippen LogP contribution in [0.5, 0.6) is 0 Å². The van der Waals surface area contributed by atoms with Crippen LogP contribution in [-0.2, 0) is 11.3 Å². The molecule has 0 radical (unpaired) electrons. The molecule has 0 amide bonds. The van der Waals surface area contributed by atoms with Gasteiger partial charge in [-0.1, -0.05) is 6.08 Å². The van der Waals surface area contributed by atoms with Crippen LogP contribution in [0.15, 0.2) is 24.4 Å². The SMILES string of the molecule is O=C(O)C=CCn1ccc(C2CC2)n1. The van der Waals surface area contributed by atoms with Crippen LogP contribution in [-0.4, -0.2) is 20.9 Å². The Hall–Kier alpha value is -1.58. The van der Waals surface area contributed by atoms with Crippen LogP contribution in [0.3, 0.4) is 0 Å². The molecule has 0 aromatic carbocycles. The van der Waals surface area contributed by atoms with E-state index in [-0.39, 0.29) is 0 Å². The van der Waals surface area contributed by atoms with Crippen LogP contribution in [0.25, 0.3) is 0 Å². The lowest BCUT2D eigenvalue weighted by molar-refractivity contribution is -0.131. The monoisotopic (exact) mass is 192 g/mol. The number of carbonyl (C=O) groups is 1. The predicted octanol–water partition coefficient (Wildman–Crippen LogP) is 1.40. The van der Waals surface area contributed by atoms with Crippen LogP contribution in [0.1, 0.15) is 24.5 Å². The largest absolute Gasteiger partial charge is 0.478 e. The van der Waals surface area contributed by atoms with E-state index in [4.69, 9.17) is 5.11 Å². The first-order valence-electron chi connectivity index (χ1n) is 4.68. The Kier molecular flexibility index (Phi) is 2.35. The quantitative estimate of drug-likeness (QED) is 0.733. The molecule has 0 atom stereocenters. The molecule has 1 aliphatic carbocycles. The molecule has 1 saturated carbocycles. The fraction of sp³-hybridized carbons (Fsp3) is 0.400. The molecule has 1 fully saturated rings. The zero-order valence-corrected chi connectivity index (χ0v) is 7.76. The molecule has 0 spiro atoms. The molecule has 0 bridgehead atoms. The Bertz CT molecular complexity index is 364. The number of aliphatic carboxylic acids is 1. The fourth-order valence-corrected chi connectivity index (χ4v) is 1.34. The topological polar surface area (TPSA) is 55.1 Å². The standard InChI is InChI=1S/C10H12N2O2/c13-10(14)2-1-6-12-7-5-9(11-12)8-3-4-8/h1-2,5,7-8H,3-4,6H2,(H,13,14). The molecule has 1 aromatic heterocycles. The maximum Gasteiger partial charge on any atom is 0.328 e. The van der Waals surface area contributed by atoms with E-state index in [1.807, 2.05) is 12.3 Å². The van der Waals surface area contributed by atoms with Crippen molar-refractivity contribution in [2.45, 2.75) is 25.3 Å². The molecule has 0 saturated heterocycles. The lowest BCUT2D eigenvalue weighted by atomic mass is 10.3. The zero-order valence-electron chi connectivity index (χ0n) is 7.76. The summed E-state index contributed by atoms with van der Waals surface area (Å²) in [6, 6.07) is 2.01. The third kappa shape index (κ3) is 2.22. The smallest absolute Gasteiger partial charge is 0.328 e. The highest BCUT2D eigenvalue weighted by Gasteiger charge is 2.25. The summed E-state index contributed by atoms with van der Waals surface area (Å²) < 4.78 is 1.76. The molecule has 74 valence electrons. The molecular weight excluding hydrogens is 180 g/mol. The van der Waals surface area contributed by atoms with Gasteiger partial charge in [-0.05, 0) is 18.9 Å². The van der Waals surface area contributed by atoms with Crippen molar-refractivity contribution in [2.24, 2.45) is 0 Å². The Morgan fingerprint density at radius 3 is 3.14 bits per heavy atom. The van der Waals surface area contributed by atoms with E-state index in [1.165, 1.54) is 12.8 Å². The molecule has 1 heterocycles. The van der Waals surface area contributed by atoms with Gasteiger partial charge in [0.25, 0.3) is 0 Å². The van der Waals surface area contributed by atoms with E-state index in [9.17, 15) is 4.79 Å². The van der Waals surface area contributed by atoms with Crippen LogP contribution >= 0.6 is 0 Å². The van der Waals surface area contributed by atoms with Gasteiger partial charge in [-0.15, -0.1) is 0 Å². The van der Waals surface area contributed by atoms with Crippen molar-refractivity contribution >= 4 is 5.97 Å². The number of hydrogen-bond acceptors (Lipinski definition) is 2. The van der Waals surface area contributed by atoms with Gasteiger partial charge >= 0.3 is 5.97 Å². The van der Waals surface area contributed by atoms with Gasteiger partial charge in [-0.2, -0.15) is 5.10 Å². The minimum atomic E-state index is -0.917. The Labute approximate surface area is 81.9 Å². The van der Waals surface area contributed by atoms with Crippen molar-refractivity contribution in [3.05, 3.63) is 30.1 Å². The first-order valence-corrected chi connectivity index (χ1v) is 4.68. The number of allylic oxidation sites excluding steroid dienone is 1. The maximum absolute atomic E-state index is 10.2. The molecule has 0 unspecified atom stereocenters. The van der Waals surface area contributed by atoms with Crippen molar-refractivity contribution in [1.29, 1.82) is 0 Å². The molecule has 14 heavy (non-hydrogen) atoms. The molecule has 4 nitrogen and oxygen atoms in total. The van der Waals surface area contributed by atoms with Gasteiger partial charge in [0.05, 0.1) is 12.2 Å². The van der Waals surface area contributed by atoms with E-state index >= 15 is 0 Å². The zero-order chi connectivity index (χ0) is 9.97. The second-order valence-electron chi connectivity index (χ2n) is 3.48. The van der Waals surface area contributed by atoms with E-state index < -0.39 is 5.97 Å². The summed E-state index contributed by atoms with van der Waals surface area (Å²) in [5.41, 5.74) is 1.13. The average molecular weight is 192 g/mol. The number of nitrogens with zero attached hydrogens (tertiary/aromatic N) is 2. The third-order valence-corrected chi connectivity index (χ3v) is 2.21. The lowest BCUT2D eigenvalue weighted by Gasteiger charge is -1.93. The highest BCUT2D eigenvalue weighted by Crippen LogP contribution is 2.38. The van der Waals surface area contributed by atoms with E-state index in [0.29, 0.717) is 12.5 Å². The van der Waals surface area contributed by atoms with Crippen molar-refractivity contribution in [3.63, 3.8) is 0 Å². The van der Waals surface area contributed by atoms with Crippen molar-refractivity contribution in [1.82, 2.24) is 9.78 Å². The summed E-state index contributed by atoms with van der Waals surface area (Å²) in [5, 5.41) is 12.7. The lowest BCUT2D eigenvalue weighted by Crippen LogP contribution is -1.97. The highest BCUT2D eigenvalue weighted by atomic mass is 16.4. The number of carboxylic acids is 1. The second-order valence-corrected chi connectivity index (χ2v) is 3.48. The van der Waals surface area contributed by atoms with Crippen molar-refractivity contribution in [2.75, 3.05) is 0 Å². The maximum atomic E-state index is 10.2. The fourth-order valence-electron chi connectivity index (χ4n) is 1.34. The minimum Gasteiger partial charge on any atom is -0.478 e. The van der Waals surface area contributed by atoms with Gasteiger partial charge in [-0.25, -0.2) is 4.79 Å². The molecule has 2 rings (SSSR count). The van der Waals surface area contributed by atoms with Gasteiger partial charge in [0.1, 0.15) is 0 Å². The van der Waals surface area contributed by atoms with Gasteiger partial charge in [-0.3, -0.25) is 4.68 Å². The summed E-state index contributed by atoms with van der Waals surface area (Å²) in [6.07, 6.45) is 7.09. The first kappa shape index (κ1) is 8.99. The van der Waals surface area contributed by atoms with Gasteiger partial charge in [0.15, 0.2) is 0 Å². The van der Waals surface area contributed by atoms with Gasteiger partial charge in [0, 0.05) is 18.2 Å². The van der Waals surface area contributed by atoms with Crippen molar-refractivity contribution in [3.8, 4) is 0 Å². The van der Waals surface area contributed by atoms with E-state index in [1.54, 1.807) is 10.8 Å². The Morgan fingerprint density at radius 2 is 2.50 bits per heavy atom. The number of carboxylic acid groups (broad SMARTS) is 1. The second kappa shape index (κ2) is 3.65. The summed E-state index contributed by atoms with van der Waals surface area (Å²) in [4.78, 5) is 10.2. The van der Waals surface area contributed by atoms with Crippen molar-refractivity contribution < 1.29 is 9.90 Å². The van der Waals surface area contributed by atoms with Crippen LogP contribution in [0.2, 0.25) is 0 Å². The number of rotatable bonds is 4. The summed E-state index contributed by atoms with van der Waals surface area (Å²) in [7, 11) is 0. The molecular formula is C10H12N2O2. The first-order chi connectivity index (χ1) is 6.75. The molecule has 0 aliphatic heterocycles.